The molecule has 2 aromatic carbocycles. The van der Waals surface area contributed by atoms with Crippen LogP contribution in [0.2, 0.25) is 0 Å². The predicted molar refractivity (Wildman–Crippen MR) is 79.2 cm³/mol. The van der Waals surface area contributed by atoms with Gasteiger partial charge in [-0.3, -0.25) is 4.79 Å². The highest BCUT2D eigenvalue weighted by Gasteiger charge is 2.10. The third-order valence-electron chi connectivity index (χ3n) is 3.08. The van der Waals surface area contributed by atoms with Gasteiger partial charge in [-0.1, -0.05) is 38.1 Å². The Labute approximate surface area is 113 Å². The second-order valence-electron chi connectivity index (χ2n) is 4.99. The summed E-state index contributed by atoms with van der Waals surface area (Å²) in [7, 11) is 0. The summed E-state index contributed by atoms with van der Waals surface area (Å²) >= 11 is 0. The average Bonchev–Trinajstić information content (AvgIpc) is 2.37. The molecule has 0 heterocycles. The minimum Gasteiger partial charge on any atom is -0.399 e. The molecule has 0 fully saturated rings. The molecule has 19 heavy (non-hydrogen) atoms. The fraction of sp³-hybridized carbons (Fsp3) is 0.188. The molecule has 0 aromatic heterocycles. The van der Waals surface area contributed by atoms with Gasteiger partial charge in [0, 0.05) is 22.5 Å². The molecule has 0 saturated carbocycles. The zero-order chi connectivity index (χ0) is 14.0. The molecule has 0 amide bonds. The zero-order valence-electron chi connectivity index (χ0n) is 11.2. The molecule has 0 spiro atoms. The number of benzene rings is 2. The first-order valence-corrected chi connectivity index (χ1v) is 6.28. The van der Waals surface area contributed by atoms with Gasteiger partial charge in [0.15, 0.2) is 5.78 Å². The summed E-state index contributed by atoms with van der Waals surface area (Å²) in [5.41, 5.74) is 14.8. The molecule has 98 valence electrons. The Kier molecular flexibility index (Phi) is 3.56. The molecular formula is C16H18N2O. The maximum Gasteiger partial charge on any atom is 0.193 e. The van der Waals surface area contributed by atoms with Gasteiger partial charge in [0.05, 0.1) is 0 Å². The Morgan fingerprint density at radius 1 is 0.895 bits per heavy atom. The molecule has 0 radical (unpaired) electrons. The van der Waals surface area contributed by atoms with Crippen molar-refractivity contribution in [2.45, 2.75) is 19.8 Å². The van der Waals surface area contributed by atoms with Crippen LogP contribution in [-0.2, 0) is 0 Å². The van der Waals surface area contributed by atoms with Crippen molar-refractivity contribution in [1.82, 2.24) is 0 Å². The van der Waals surface area contributed by atoms with Gasteiger partial charge in [-0.15, -0.1) is 0 Å². The van der Waals surface area contributed by atoms with Crippen molar-refractivity contribution in [3.05, 3.63) is 59.2 Å². The maximum atomic E-state index is 12.3. The number of hydrogen-bond acceptors (Lipinski definition) is 3. The molecular weight excluding hydrogens is 236 g/mol. The summed E-state index contributed by atoms with van der Waals surface area (Å²) in [5.74, 6) is 0.390. The van der Waals surface area contributed by atoms with E-state index in [1.165, 1.54) is 5.56 Å². The monoisotopic (exact) mass is 254 g/mol. The van der Waals surface area contributed by atoms with E-state index in [2.05, 4.69) is 13.8 Å². The van der Waals surface area contributed by atoms with Crippen molar-refractivity contribution in [3.8, 4) is 0 Å². The molecule has 4 N–H and O–H groups in total. The van der Waals surface area contributed by atoms with E-state index in [0.717, 1.165) is 0 Å². The molecule has 0 aliphatic heterocycles. The standard InChI is InChI=1S/C16H18N2O/c1-10(2)11-3-5-12(6-4-11)16(19)13-7-14(17)9-15(18)8-13/h3-10H,17-18H2,1-2H3. The largest absolute Gasteiger partial charge is 0.399 e. The van der Waals surface area contributed by atoms with E-state index in [1.54, 1.807) is 18.2 Å². The van der Waals surface area contributed by atoms with E-state index in [0.29, 0.717) is 28.4 Å². The minimum absolute atomic E-state index is 0.0608. The van der Waals surface area contributed by atoms with Gasteiger partial charge in [0.1, 0.15) is 0 Å². The number of carbonyl (C=O) groups is 1. The minimum atomic E-state index is -0.0608. The van der Waals surface area contributed by atoms with Crippen molar-refractivity contribution in [2.75, 3.05) is 11.5 Å². The highest BCUT2D eigenvalue weighted by molar-refractivity contribution is 6.09. The van der Waals surface area contributed by atoms with Crippen LogP contribution in [0.1, 0.15) is 41.3 Å². The van der Waals surface area contributed by atoms with Crippen molar-refractivity contribution in [1.29, 1.82) is 0 Å². The number of ketones is 1. The summed E-state index contributed by atoms with van der Waals surface area (Å²) in [6, 6.07) is 12.6. The van der Waals surface area contributed by atoms with Crippen LogP contribution in [0.3, 0.4) is 0 Å². The number of carbonyl (C=O) groups excluding carboxylic acids is 1. The highest BCUT2D eigenvalue weighted by Crippen LogP contribution is 2.19. The predicted octanol–water partition coefficient (Wildman–Crippen LogP) is 3.21. The van der Waals surface area contributed by atoms with E-state index in [4.69, 9.17) is 11.5 Å². The topological polar surface area (TPSA) is 69.1 Å². The van der Waals surface area contributed by atoms with Crippen molar-refractivity contribution in [2.24, 2.45) is 0 Å². The van der Waals surface area contributed by atoms with Gasteiger partial charge < -0.3 is 11.5 Å². The second-order valence-corrected chi connectivity index (χ2v) is 4.99. The van der Waals surface area contributed by atoms with Crippen LogP contribution in [0.25, 0.3) is 0 Å². The molecule has 2 aromatic rings. The first kappa shape index (κ1) is 13.1. The van der Waals surface area contributed by atoms with Crippen molar-refractivity contribution in [3.63, 3.8) is 0 Å². The van der Waals surface area contributed by atoms with E-state index in [1.807, 2.05) is 24.3 Å². The smallest absolute Gasteiger partial charge is 0.193 e. The quantitative estimate of drug-likeness (QED) is 0.652. The lowest BCUT2D eigenvalue weighted by Gasteiger charge is -2.07. The Bertz CT molecular complexity index is 580. The summed E-state index contributed by atoms with van der Waals surface area (Å²) in [6.45, 7) is 4.24. The summed E-state index contributed by atoms with van der Waals surface area (Å²) in [4.78, 5) is 12.3. The van der Waals surface area contributed by atoms with Gasteiger partial charge in [0.25, 0.3) is 0 Å². The van der Waals surface area contributed by atoms with Crippen LogP contribution in [0.15, 0.2) is 42.5 Å². The summed E-state index contributed by atoms with van der Waals surface area (Å²) in [6.07, 6.45) is 0. The second kappa shape index (κ2) is 5.14. The molecule has 2 rings (SSSR count). The van der Waals surface area contributed by atoms with Crippen molar-refractivity contribution < 1.29 is 4.79 Å². The highest BCUT2D eigenvalue weighted by atomic mass is 16.1. The van der Waals surface area contributed by atoms with E-state index >= 15 is 0 Å². The number of anilines is 2. The van der Waals surface area contributed by atoms with Gasteiger partial charge in [-0.2, -0.15) is 0 Å². The van der Waals surface area contributed by atoms with Crippen LogP contribution in [0, 0.1) is 0 Å². The third-order valence-corrected chi connectivity index (χ3v) is 3.08. The van der Waals surface area contributed by atoms with Crippen LogP contribution < -0.4 is 11.5 Å². The Morgan fingerprint density at radius 3 is 1.89 bits per heavy atom. The molecule has 0 unspecified atom stereocenters. The van der Waals surface area contributed by atoms with Gasteiger partial charge in [-0.05, 0) is 29.7 Å². The number of rotatable bonds is 3. The Morgan fingerprint density at radius 2 is 1.42 bits per heavy atom. The Balaban J connectivity index is 2.33. The number of nitrogen functional groups attached to an aromatic ring is 2. The lowest BCUT2D eigenvalue weighted by Crippen LogP contribution is -2.04. The first-order chi connectivity index (χ1) is 8.97. The first-order valence-electron chi connectivity index (χ1n) is 6.28. The summed E-state index contributed by atoms with van der Waals surface area (Å²) in [5, 5.41) is 0. The lowest BCUT2D eigenvalue weighted by atomic mass is 9.97. The SMILES string of the molecule is CC(C)c1ccc(C(=O)c2cc(N)cc(N)c2)cc1. The fourth-order valence-electron chi connectivity index (χ4n) is 1.99. The molecule has 0 aliphatic carbocycles. The van der Waals surface area contributed by atoms with E-state index in [-0.39, 0.29) is 5.78 Å². The van der Waals surface area contributed by atoms with Crippen LogP contribution in [-0.4, -0.2) is 5.78 Å². The van der Waals surface area contributed by atoms with E-state index < -0.39 is 0 Å². The van der Waals surface area contributed by atoms with Crippen molar-refractivity contribution >= 4 is 17.2 Å². The van der Waals surface area contributed by atoms with Gasteiger partial charge in [0.2, 0.25) is 0 Å². The molecule has 0 saturated heterocycles. The molecule has 0 aliphatic rings. The average molecular weight is 254 g/mol. The Hall–Kier alpha value is -2.29. The third kappa shape index (κ3) is 2.94. The zero-order valence-corrected chi connectivity index (χ0v) is 11.2. The number of hydrogen-bond donors (Lipinski definition) is 2. The van der Waals surface area contributed by atoms with E-state index in [9.17, 15) is 4.79 Å². The van der Waals surface area contributed by atoms with Crippen LogP contribution >= 0.6 is 0 Å². The molecule has 3 heteroatoms. The molecule has 0 bridgehead atoms. The van der Waals surface area contributed by atoms with Gasteiger partial charge >= 0.3 is 0 Å². The fourth-order valence-corrected chi connectivity index (χ4v) is 1.99. The summed E-state index contributed by atoms with van der Waals surface area (Å²) < 4.78 is 0. The molecule has 0 atom stereocenters. The normalized spacial score (nSPS) is 10.7. The van der Waals surface area contributed by atoms with Crippen LogP contribution in [0.4, 0.5) is 11.4 Å². The van der Waals surface area contributed by atoms with Crippen LogP contribution in [0.5, 0.6) is 0 Å². The number of nitrogens with two attached hydrogens (primary N) is 2. The lowest BCUT2D eigenvalue weighted by molar-refractivity contribution is 0.103. The maximum absolute atomic E-state index is 12.3. The van der Waals surface area contributed by atoms with Gasteiger partial charge in [-0.25, -0.2) is 0 Å². The molecule has 3 nitrogen and oxygen atoms in total.